The maximum Gasteiger partial charge on any atom is 0.239 e. The standard InChI is InChI=1S/C14H25N3O/c1-3-5-12(15)14(18)17-9-7-13-11(10-17)6-4-8-16(13)2/h3,11-13H,1,4-10,15H2,2H3. The fraction of sp³-hybridized carbons (Fsp3) is 0.786. The van der Waals surface area contributed by atoms with Gasteiger partial charge in [0, 0.05) is 19.1 Å². The summed E-state index contributed by atoms with van der Waals surface area (Å²) < 4.78 is 0. The number of fused-ring (bicyclic) bond motifs is 1. The van der Waals surface area contributed by atoms with Crippen molar-refractivity contribution in [1.29, 1.82) is 0 Å². The molecule has 0 bridgehead atoms. The van der Waals surface area contributed by atoms with Gasteiger partial charge >= 0.3 is 0 Å². The largest absolute Gasteiger partial charge is 0.341 e. The average molecular weight is 251 g/mol. The minimum atomic E-state index is -0.402. The Labute approximate surface area is 110 Å². The van der Waals surface area contributed by atoms with E-state index in [-0.39, 0.29) is 5.91 Å². The van der Waals surface area contributed by atoms with Crippen molar-refractivity contribution < 1.29 is 4.79 Å². The molecule has 102 valence electrons. The van der Waals surface area contributed by atoms with Gasteiger partial charge in [0.2, 0.25) is 5.91 Å². The number of carbonyl (C=O) groups is 1. The summed E-state index contributed by atoms with van der Waals surface area (Å²) in [5.41, 5.74) is 5.88. The molecule has 2 saturated heterocycles. The summed E-state index contributed by atoms with van der Waals surface area (Å²) in [6.45, 7) is 6.59. The number of piperidine rings is 2. The molecule has 0 radical (unpaired) electrons. The van der Waals surface area contributed by atoms with E-state index in [4.69, 9.17) is 5.73 Å². The van der Waals surface area contributed by atoms with E-state index in [1.54, 1.807) is 6.08 Å². The molecular weight excluding hydrogens is 226 g/mol. The Hall–Kier alpha value is -0.870. The van der Waals surface area contributed by atoms with Gasteiger partial charge in [0.15, 0.2) is 0 Å². The zero-order valence-corrected chi connectivity index (χ0v) is 11.3. The molecule has 0 saturated carbocycles. The lowest BCUT2D eigenvalue weighted by molar-refractivity contribution is -0.136. The first kappa shape index (κ1) is 13.6. The summed E-state index contributed by atoms with van der Waals surface area (Å²) in [5, 5.41) is 0. The summed E-state index contributed by atoms with van der Waals surface area (Å²) >= 11 is 0. The number of amides is 1. The smallest absolute Gasteiger partial charge is 0.239 e. The molecule has 0 aromatic rings. The molecule has 2 heterocycles. The molecule has 2 fully saturated rings. The van der Waals surface area contributed by atoms with Gasteiger partial charge in [-0.3, -0.25) is 4.79 Å². The van der Waals surface area contributed by atoms with Crippen molar-refractivity contribution in [3.05, 3.63) is 12.7 Å². The van der Waals surface area contributed by atoms with Crippen LogP contribution in [0, 0.1) is 5.92 Å². The number of hydrogen-bond acceptors (Lipinski definition) is 3. The average Bonchev–Trinajstić information content (AvgIpc) is 2.38. The molecule has 1 amide bonds. The lowest BCUT2D eigenvalue weighted by atomic mass is 9.84. The minimum absolute atomic E-state index is 0.0987. The summed E-state index contributed by atoms with van der Waals surface area (Å²) in [6, 6.07) is 0.263. The Morgan fingerprint density at radius 1 is 1.50 bits per heavy atom. The van der Waals surface area contributed by atoms with Crippen LogP contribution in [0.25, 0.3) is 0 Å². The molecule has 2 N–H and O–H groups in total. The predicted octanol–water partition coefficient (Wildman–Crippen LogP) is 0.833. The molecule has 18 heavy (non-hydrogen) atoms. The number of nitrogens with two attached hydrogens (primary N) is 1. The Kier molecular flexibility index (Phi) is 4.40. The van der Waals surface area contributed by atoms with E-state index in [9.17, 15) is 4.79 Å². The Morgan fingerprint density at radius 2 is 2.28 bits per heavy atom. The minimum Gasteiger partial charge on any atom is -0.341 e. The highest BCUT2D eigenvalue weighted by Crippen LogP contribution is 2.29. The first-order chi connectivity index (χ1) is 8.63. The van der Waals surface area contributed by atoms with E-state index in [1.807, 2.05) is 4.90 Å². The molecule has 0 aromatic carbocycles. The fourth-order valence-electron chi connectivity index (χ4n) is 3.37. The van der Waals surface area contributed by atoms with Crippen LogP contribution in [-0.2, 0) is 4.79 Å². The third kappa shape index (κ3) is 2.75. The summed E-state index contributed by atoms with van der Waals surface area (Å²) in [6.07, 6.45) is 5.88. The van der Waals surface area contributed by atoms with Crippen LogP contribution in [0.4, 0.5) is 0 Å². The van der Waals surface area contributed by atoms with Gasteiger partial charge in [-0.2, -0.15) is 0 Å². The van der Waals surface area contributed by atoms with Crippen LogP contribution in [0.15, 0.2) is 12.7 Å². The fourth-order valence-corrected chi connectivity index (χ4v) is 3.37. The first-order valence-electron chi connectivity index (χ1n) is 6.99. The molecule has 4 heteroatoms. The molecule has 3 atom stereocenters. The van der Waals surface area contributed by atoms with Crippen LogP contribution in [0.2, 0.25) is 0 Å². The SMILES string of the molecule is C=CCC(N)C(=O)N1CCC2C(CCCN2C)C1. The van der Waals surface area contributed by atoms with Crippen LogP contribution in [0.1, 0.15) is 25.7 Å². The molecule has 0 aliphatic carbocycles. The van der Waals surface area contributed by atoms with Gasteiger partial charge in [-0.15, -0.1) is 6.58 Å². The van der Waals surface area contributed by atoms with Crippen LogP contribution in [0.3, 0.4) is 0 Å². The number of hydrogen-bond donors (Lipinski definition) is 1. The van der Waals surface area contributed by atoms with Crippen LogP contribution in [0.5, 0.6) is 0 Å². The van der Waals surface area contributed by atoms with Gasteiger partial charge in [-0.05, 0) is 45.2 Å². The van der Waals surface area contributed by atoms with Gasteiger partial charge in [-0.1, -0.05) is 6.08 Å². The van der Waals surface area contributed by atoms with Gasteiger partial charge in [0.05, 0.1) is 6.04 Å². The van der Waals surface area contributed by atoms with Crippen LogP contribution < -0.4 is 5.73 Å². The second-order valence-electron chi connectivity index (χ2n) is 5.65. The van der Waals surface area contributed by atoms with Gasteiger partial charge in [0.25, 0.3) is 0 Å². The van der Waals surface area contributed by atoms with E-state index in [2.05, 4.69) is 18.5 Å². The van der Waals surface area contributed by atoms with Gasteiger partial charge < -0.3 is 15.5 Å². The van der Waals surface area contributed by atoms with E-state index in [1.165, 1.54) is 19.4 Å². The maximum absolute atomic E-state index is 12.2. The molecule has 0 aromatic heterocycles. The molecule has 0 spiro atoms. The lowest BCUT2D eigenvalue weighted by Crippen LogP contribution is -2.56. The topological polar surface area (TPSA) is 49.6 Å². The highest BCUT2D eigenvalue weighted by atomic mass is 16.2. The normalized spacial score (nSPS) is 30.7. The summed E-state index contributed by atoms with van der Waals surface area (Å²) in [7, 11) is 2.21. The van der Waals surface area contributed by atoms with Crippen molar-refractivity contribution in [2.75, 3.05) is 26.7 Å². The highest BCUT2D eigenvalue weighted by molar-refractivity contribution is 5.81. The second-order valence-corrected chi connectivity index (χ2v) is 5.65. The molecule has 3 unspecified atom stereocenters. The van der Waals surface area contributed by atoms with Gasteiger partial charge in [0.1, 0.15) is 0 Å². The van der Waals surface area contributed by atoms with Crippen molar-refractivity contribution in [2.45, 2.75) is 37.8 Å². The van der Waals surface area contributed by atoms with E-state index in [0.717, 1.165) is 19.5 Å². The monoisotopic (exact) mass is 251 g/mol. The van der Waals surface area contributed by atoms with E-state index >= 15 is 0 Å². The van der Waals surface area contributed by atoms with E-state index < -0.39 is 6.04 Å². The lowest BCUT2D eigenvalue weighted by Gasteiger charge is -2.46. The number of nitrogens with zero attached hydrogens (tertiary/aromatic N) is 2. The molecule has 4 nitrogen and oxygen atoms in total. The quantitative estimate of drug-likeness (QED) is 0.756. The third-order valence-electron chi connectivity index (χ3n) is 4.40. The summed E-state index contributed by atoms with van der Waals surface area (Å²) in [5.74, 6) is 0.735. The van der Waals surface area contributed by atoms with Crippen LogP contribution >= 0.6 is 0 Å². The van der Waals surface area contributed by atoms with Crippen molar-refractivity contribution in [3.63, 3.8) is 0 Å². The number of rotatable bonds is 3. The number of carbonyl (C=O) groups excluding carboxylic acids is 1. The van der Waals surface area contributed by atoms with Gasteiger partial charge in [-0.25, -0.2) is 0 Å². The van der Waals surface area contributed by atoms with Crippen molar-refractivity contribution >= 4 is 5.91 Å². The maximum atomic E-state index is 12.2. The Bertz CT molecular complexity index is 318. The van der Waals surface area contributed by atoms with Crippen LogP contribution in [-0.4, -0.2) is 54.5 Å². The zero-order chi connectivity index (χ0) is 13.1. The Morgan fingerprint density at radius 3 is 3.00 bits per heavy atom. The summed E-state index contributed by atoms with van der Waals surface area (Å²) in [4.78, 5) is 16.6. The van der Waals surface area contributed by atoms with Crippen molar-refractivity contribution in [1.82, 2.24) is 9.80 Å². The Balaban J connectivity index is 1.94. The molecule has 2 aliphatic rings. The molecule has 2 rings (SSSR count). The van der Waals surface area contributed by atoms with E-state index in [0.29, 0.717) is 18.4 Å². The van der Waals surface area contributed by atoms with Crippen molar-refractivity contribution in [2.24, 2.45) is 11.7 Å². The number of likely N-dealkylation sites (tertiary alicyclic amines) is 2. The molecular formula is C14H25N3O. The zero-order valence-electron chi connectivity index (χ0n) is 11.3. The highest BCUT2D eigenvalue weighted by Gasteiger charge is 2.36. The second kappa shape index (κ2) is 5.85. The predicted molar refractivity (Wildman–Crippen MR) is 73.1 cm³/mol. The first-order valence-corrected chi connectivity index (χ1v) is 6.99. The van der Waals surface area contributed by atoms with Crippen molar-refractivity contribution in [3.8, 4) is 0 Å². The third-order valence-corrected chi connectivity index (χ3v) is 4.40. The molecule has 2 aliphatic heterocycles.